The zero-order valence-electron chi connectivity index (χ0n) is 12.6. The molecule has 21 heavy (non-hydrogen) atoms. The van der Waals surface area contributed by atoms with Crippen LogP contribution in [0, 0.1) is 11.6 Å². The van der Waals surface area contributed by atoms with Gasteiger partial charge in [0, 0.05) is 24.7 Å². The third-order valence-corrected chi connectivity index (χ3v) is 3.95. The number of halogens is 2. The van der Waals surface area contributed by atoms with Gasteiger partial charge in [0.1, 0.15) is 17.3 Å². The molecule has 1 saturated heterocycles. The smallest absolute Gasteiger partial charge is 0.254 e. The van der Waals surface area contributed by atoms with Crippen molar-refractivity contribution in [3.8, 4) is 0 Å². The molecule has 0 spiro atoms. The second-order valence-electron chi connectivity index (χ2n) is 5.44. The quantitative estimate of drug-likeness (QED) is 0.896. The molecule has 0 bridgehead atoms. The van der Waals surface area contributed by atoms with Gasteiger partial charge in [0.15, 0.2) is 0 Å². The van der Waals surface area contributed by atoms with Crippen molar-refractivity contribution >= 4 is 11.6 Å². The van der Waals surface area contributed by atoms with Gasteiger partial charge in [-0.2, -0.15) is 0 Å². The number of carbonyl (C=O) groups is 1. The number of carbonyl (C=O) groups excluding carboxylic acids is 1. The molecule has 1 fully saturated rings. The number of hydrogen-bond acceptors (Lipinski definition) is 2. The van der Waals surface area contributed by atoms with Crippen molar-refractivity contribution in [3.05, 3.63) is 29.3 Å². The fourth-order valence-electron chi connectivity index (χ4n) is 2.81. The molecule has 1 atom stereocenters. The van der Waals surface area contributed by atoms with Crippen LogP contribution in [0.4, 0.5) is 14.5 Å². The number of rotatable bonds is 5. The molecule has 5 heteroatoms. The van der Waals surface area contributed by atoms with Gasteiger partial charge in [0.25, 0.3) is 5.91 Å². The Balaban J connectivity index is 2.22. The Morgan fingerprint density at radius 3 is 2.57 bits per heavy atom. The van der Waals surface area contributed by atoms with Crippen LogP contribution in [-0.2, 0) is 0 Å². The number of anilines is 1. The minimum Gasteiger partial charge on any atom is -0.380 e. The lowest BCUT2D eigenvalue weighted by atomic mass is 10.1. The van der Waals surface area contributed by atoms with E-state index in [0.29, 0.717) is 13.1 Å². The molecule has 0 aromatic heterocycles. The van der Waals surface area contributed by atoms with Crippen molar-refractivity contribution in [2.24, 2.45) is 0 Å². The minimum absolute atomic E-state index is 0.0902. The molecular formula is C16H22F2N2O. The summed E-state index contributed by atoms with van der Waals surface area (Å²) >= 11 is 0. The average molecular weight is 296 g/mol. The summed E-state index contributed by atoms with van der Waals surface area (Å²) in [6.07, 6.45) is 3.55. The summed E-state index contributed by atoms with van der Waals surface area (Å²) < 4.78 is 28.0. The molecule has 1 aliphatic heterocycles. The van der Waals surface area contributed by atoms with Gasteiger partial charge < -0.3 is 10.2 Å². The van der Waals surface area contributed by atoms with Gasteiger partial charge in [-0.1, -0.05) is 13.8 Å². The van der Waals surface area contributed by atoms with E-state index in [2.05, 4.69) is 5.32 Å². The monoisotopic (exact) mass is 296 g/mol. The predicted octanol–water partition coefficient (Wildman–Crippen LogP) is 3.80. The molecule has 0 saturated carbocycles. The third kappa shape index (κ3) is 3.34. The third-order valence-electron chi connectivity index (χ3n) is 3.95. The number of benzene rings is 1. The Labute approximate surface area is 124 Å². The zero-order chi connectivity index (χ0) is 15.4. The minimum atomic E-state index is -0.709. The van der Waals surface area contributed by atoms with Crippen LogP contribution in [0.25, 0.3) is 0 Å². The van der Waals surface area contributed by atoms with Crippen LogP contribution in [-0.4, -0.2) is 29.9 Å². The normalized spacial score (nSPS) is 18.1. The molecule has 3 nitrogen and oxygen atoms in total. The van der Waals surface area contributed by atoms with E-state index in [9.17, 15) is 13.6 Å². The maximum atomic E-state index is 14.0. The Kier molecular flexibility index (Phi) is 5.15. The molecule has 1 aromatic carbocycles. The summed E-state index contributed by atoms with van der Waals surface area (Å²) in [6.45, 7) is 5.09. The van der Waals surface area contributed by atoms with Gasteiger partial charge in [-0.05, 0) is 37.8 Å². The molecule has 116 valence electrons. The maximum absolute atomic E-state index is 14.0. The first kappa shape index (κ1) is 15.7. The van der Waals surface area contributed by atoms with Crippen molar-refractivity contribution in [2.75, 3.05) is 18.4 Å². The highest BCUT2D eigenvalue weighted by Gasteiger charge is 2.29. The summed E-state index contributed by atoms with van der Waals surface area (Å²) in [4.78, 5) is 14.1. The summed E-state index contributed by atoms with van der Waals surface area (Å²) in [6, 6.07) is 2.45. The van der Waals surface area contributed by atoms with Gasteiger partial charge in [-0.25, -0.2) is 8.78 Å². The van der Waals surface area contributed by atoms with Crippen LogP contribution in [0.5, 0.6) is 0 Å². The summed E-state index contributed by atoms with van der Waals surface area (Å²) in [5, 5.41) is 2.71. The van der Waals surface area contributed by atoms with Crippen LogP contribution in [0.15, 0.2) is 12.1 Å². The Hall–Kier alpha value is -1.65. The summed E-state index contributed by atoms with van der Waals surface area (Å²) in [5.74, 6) is -1.70. The van der Waals surface area contributed by atoms with E-state index in [1.165, 1.54) is 0 Å². The van der Waals surface area contributed by atoms with Crippen molar-refractivity contribution in [2.45, 2.75) is 45.6 Å². The molecule has 1 unspecified atom stereocenters. The molecule has 1 heterocycles. The number of nitrogens with zero attached hydrogens (tertiary/aromatic N) is 1. The molecule has 1 aliphatic rings. The first-order valence-corrected chi connectivity index (χ1v) is 7.62. The molecule has 1 amide bonds. The average Bonchev–Trinajstić information content (AvgIpc) is 2.94. The first-order valence-electron chi connectivity index (χ1n) is 7.62. The largest absolute Gasteiger partial charge is 0.380 e. The van der Waals surface area contributed by atoms with Crippen molar-refractivity contribution in [3.63, 3.8) is 0 Å². The van der Waals surface area contributed by atoms with Crippen molar-refractivity contribution in [1.29, 1.82) is 0 Å². The lowest BCUT2D eigenvalue weighted by Crippen LogP contribution is -2.35. The van der Waals surface area contributed by atoms with Gasteiger partial charge in [0.05, 0.1) is 0 Å². The highest BCUT2D eigenvalue weighted by atomic mass is 19.1. The standard InChI is InChI=1S/C16H22F2N2O/c1-3-7-19-15-13(17)9-11(10-14(15)18)16(21)20-8-5-6-12(20)4-2/h9-10,12,19H,3-8H2,1-2H3. The lowest BCUT2D eigenvalue weighted by Gasteiger charge is -2.24. The number of hydrogen-bond donors (Lipinski definition) is 1. The van der Waals surface area contributed by atoms with E-state index in [4.69, 9.17) is 0 Å². The maximum Gasteiger partial charge on any atom is 0.254 e. The van der Waals surface area contributed by atoms with Crippen LogP contribution in [0.2, 0.25) is 0 Å². The van der Waals surface area contributed by atoms with Crippen molar-refractivity contribution < 1.29 is 13.6 Å². The molecular weight excluding hydrogens is 274 g/mol. The number of nitrogens with one attached hydrogen (secondary N) is 1. The van der Waals surface area contributed by atoms with E-state index in [1.807, 2.05) is 13.8 Å². The topological polar surface area (TPSA) is 32.3 Å². The SMILES string of the molecule is CCCNc1c(F)cc(C(=O)N2CCCC2CC)cc1F. The van der Waals surface area contributed by atoms with Gasteiger partial charge >= 0.3 is 0 Å². The van der Waals surface area contributed by atoms with E-state index in [0.717, 1.165) is 37.8 Å². The second kappa shape index (κ2) is 6.87. The van der Waals surface area contributed by atoms with Crippen molar-refractivity contribution in [1.82, 2.24) is 4.90 Å². The number of amides is 1. The second-order valence-corrected chi connectivity index (χ2v) is 5.44. The van der Waals surface area contributed by atoms with Crippen LogP contribution >= 0.6 is 0 Å². The lowest BCUT2D eigenvalue weighted by molar-refractivity contribution is 0.0732. The van der Waals surface area contributed by atoms with Gasteiger partial charge in [-0.3, -0.25) is 4.79 Å². The van der Waals surface area contributed by atoms with Gasteiger partial charge in [0.2, 0.25) is 0 Å². The molecule has 1 aromatic rings. The summed E-state index contributed by atoms with van der Waals surface area (Å²) in [5.41, 5.74) is -0.0609. The van der Waals surface area contributed by atoms with Crippen LogP contribution in [0.3, 0.4) is 0 Å². The Bertz CT molecular complexity index is 496. The molecule has 2 rings (SSSR count). The van der Waals surface area contributed by atoms with E-state index in [-0.39, 0.29) is 23.2 Å². The van der Waals surface area contributed by atoms with Crippen LogP contribution < -0.4 is 5.32 Å². The van der Waals surface area contributed by atoms with E-state index >= 15 is 0 Å². The zero-order valence-corrected chi connectivity index (χ0v) is 12.6. The van der Waals surface area contributed by atoms with Gasteiger partial charge in [-0.15, -0.1) is 0 Å². The molecule has 0 radical (unpaired) electrons. The fourth-order valence-corrected chi connectivity index (χ4v) is 2.81. The first-order chi connectivity index (χ1) is 10.1. The molecule has 0 aliphatic carbocycles. The van der Waals surface area contributed by atoms with E-state index in [1.54, 1.807) is 4.90 Å². The van der Waals surface area contributed by atoms with Crippen LogP contribution in [0.1, 0.15) is 49.9 Å². The highest BCUT2D eigenvalue weighted by molar-refractivity contribution is 5.95. The van der Waals surface area contributed by atoms with E-state index < -0.39 is 11.6 Å². The fraction of sp³-hybridized carbons (Fsp3) is 0.562. The highest BCUT2D eigenvalue weighted by Crippen LogP contribution is 2.25. The summed E-state index contributed by atoms with van der Waals surface area (Å²) in [7, 11) is 0. The molecule has 1 N–H and O–H groups in total. The predicted molar refractivity (Wildman–Crippen MR) is 79.5 cm³/mol. The Morgan fingerprint density at radius 2 is 2.00 bits per heavy atom. The Morgan fingerprint density at radius 1 is 1.33 bits per heavy atom. The number of likely N-dealkylation sites (tertiary alicyclic amines) is 1.